The summed E-state index contributed by atoms with van der Waals surface area (Å²) in [5.41, 5.74) is 7.59. The van der Waals surface area contributed by atoms with Gasteiger partial charge in [0.15, 0.2) is 11.5 Å². The number of rotatable bonds is 7. The topological polar surface area (TPSA) is 137 Å². The van der Waals surface area contributed by atoms with Crippen LogP contribution in [0.5, 0.6) is 0 Å². The van der Waals surface area contributed by atoms with E-state index < -0.39 is 23.8 Å². The zero-order valence-electron chi connectivity index (χ0n) is 19.7. The zero-order valence-corrected chi connectivity index (χ0v) is 19.7. The summed E-state index contributed by atoms with van der Waals surface area (Å²) in [5.74, 6) is -2.11. The summed E-state index contributed by atoms with van der Waals surface area (Å²) < 4.78 is 20.7. The van der Waals surface area contributed by atoms with Crippen LogP contribution in [0.25, 0.3) is 11.3 Å². The molecule has 2 aromatic carbocycles. The Morgan fingerprint density at radius 2 is 1.92 bits per heavy atom. The summed E-state index contributed by atoms with van der Waals surface area (Å²) in [6.45, 7) is 1.75. The Balaban J connectivity index is 1.39. The number of hydrogen-bond acceptors (Lipinski definition) is 8. The smallest absolute Gasteiger partial charge is 0.361 e. The van der Waals surface area contributed by atoms with Gasteiger partial charge in [-0.1, -0.05) is 30.3 Å². The second kappa shape index (κ2) is 10.5. The van der Waals surface area contributed by atoms with Gasteiger partial charge in [0.25, 0.3) is 5.91 Å². The minimum atomic E-state index is -1.32. The van der Waals surface area contributed by atoms with E-state index in [-0.39, 0.29) is 17.6 Å². The summed E-state index contributed by atoms with van der Waals surface area (Å²) in [4.78, 5) is 34.8. The lowest BCUT2D eigenvalue weighted by molar-refractivity contribution is -0.125. The van der Waals surface area contributed by atoms with E-state index in [0.717, 1.165) is 19.5 Å². The van der Waals surface area contributed by atoms with Crippen molar-refractivity contribution in [1.29, 1.82) is 0 Å². The van der Waals surface area contributed by atoms with Gasteiger partial charge in [-0.15, -0.1) is 0 Å². The lowest BCUT2D eigenvalue weighted by atomic mass is 10.1. The summed E-state index contributed by atoms with van der Waals surface area (Å²) in [6.07, 6.45) is 4.59. The van der Waals surface area contributed by atoms with Gasteiger partial charge in [-0.05, 0) is 37.2 Å². The van der Waals surface area contributed by atoms with Gasteiger partial charge in [0.2, 0.25) is 6.10 Å². The molecule has 10 nitrogen and oxygen atoms in total. The first-order valence-corrected chi connectivity index (χ1v) is 11.7. The molecule has 1 aliphatic rings. The van der Waals surface area contributed by atoms with Gasteiger partial charge in [0.1, 0.15) is 5.82 Å². The van der Waals surface area contributed by atoms with Gasteiger partial charge in [-0.2, -0.15) is 5.10 Å². The molecule has 0 aliphatic carbocycles. The Labute approximate surface area is 211 Å². The third-order valence-corrected chi connectivity index (χ3v) is 5.98. The molecule has 37 heavy (non-hydrogen) atoms. The van der Waals surface area contributed by atoms with Crippen LogP contribution in [0, 0.1) is 5.82 Å². The molecule has 2 aromatic heterocycles. The predicted octanol–water partition coefficient (Wildman–Crippen LogP) is 3.13. The molecule has 0 spiro atoms. The number of nitrogens with one attached hydrogen (secondary N) is 2. The van der Waals surface area contributed by atoms with Crippen molar-refractivity contribution < 1.29 is 18.7 Å². The van der Waals surface area contributed by atoms with Gasteiger partial charge in [0, 0.05) is 29.6 Å². The molecule has 3 heterocycles. The fourth-order valence-electron chi connectivity index (χ4n) is 4.03. The average Bonchev–Trinajstić information content (AvgIpc) is 3.62. The van der Waals surface area contributed by atoms with Crippen molar-refractivity contribution in [2.45, 2.75) is 18.6 Å². The number of hydrogen-bond donors (Lipinski definition) is 3. The van der Waals surface area contributed by atoms with Crippen molar-refractivity contribution in [1.82, 2.24) is 25.1 Å². The molecule has 0 bridgehead atoms. The second-order valence-electron chi connectivity index (χ2n) is 8.54. The van der Waals surface area contributed by atoms with E-state index in [1.165, 1.54) is 30.5 Å². The fourth-order valence-corrected chi connectivity index (χ4v) is 4.03. The van der Waals surface area contributed by atoms with Crippen molar-refractivity contribution in [3.05, 3.63) is 90.3 Å². The van der Waals surface area contributed by atoms with Crippen LogP contribution >= 0.6 is 0 Å². The molecule has 2 atom stereocenters. The molecule has 0 saturated carbocycles. The van der Waals surface area contributed by atoms with E-state index in [0.29, 0.717) is 22.5 Å². The lowest BCUT2D eigenvalue weighted by Gasteiger charge is -2.18. The van der Waals surface area contributed by atoms with E-state index in [1.807, 2.05) is 10.9 Å². The maximum Gasteiger partial charge on any atom is 0.361 e. The van der Waals surface area contributed by atoms with Crippen LogP contribution in [0.3, 0.4) is 0 Å². The largest absolute Gasteiger partial charge is 0.442 e. The number of ether oxygens (including phenoxy) is 1. The van der Waals surface area contributed by atoms with E-state index in [2.05, 4.69) is 25.7 Å². The molecule has 4 aromatic rings. The van der Waals surface area contributed by atoms with Gasteiger partial charge in [0.05, 0.1) is 24.1 Å². The fraction of sp³-hybridized carbons (Fsp3) is 0.192. The Kier molecular flexibility index (Phi) is 6.86. The van der Waals surface area contributed by atoms with E-state index >= 15 is 0 Å². The number of halogens is 1. The van der Waals surface area contributed by atoms with Crippen LogP contribution < -0.4 is 16.4 Å². The number of nitrogens with zero attached hydrogens (tertiary/aromatic N) is 4. The van der Waals surface area contributed by atoms with Crippen LogP contribution in [0.2, 0.25) is 0 Å². The van der Waals surface area contributed by atoms with Crippen molar-refractivity contribution in [3.63, 3.8) is 0 Å². The number of carbonyl (C=O) groups excluding carboxylic acids is 2. The number of esters is 1. The van der Waals surface area contributed by atoms with Crippen LogP contribution in [0.1, 0.15) is 34.6 Å². The Hall–Kier alpha value is -4.64. The quantitative estimate of drug-likeness (QED) is 0.329. The maximum absolute atomic E-state index is 13.3. The molecule has 1 aliphatic heterocycles. The third-order valence-electron chi connectivity index (χ3n) is 5.98. The van der Waals surface area contributed by atoms with Crippen LogP contribution in [0.15, 0.2) is 73.2 Å². The van der Waals surface area contributed by atoms with Crippen molar-refractivity contribution in [3.8, 4) is 11.3 Å². The van der Waals surface area contributed by atoms with Crippen LogP contribution in [-0.4, -0.2) is 44.7 Å². The minimum absolute atomic E-state index is 0.133. The number of anilines is 2. The molecule has 1 saturated heterocycles. The monoisotopic (exact) mass is 501 g/mol. The van der Waals surface area contributed by atoms with Crippen LogP contribution in [0.4, 0.5) is 15.9 Å². The molecule has 188 valence electrons. The van der Waals surface area contributed by atoms with E-state index in [9.17, 15) is 14.0 Å². The molecule has 4 N–H and O–H groups in total. The number of benzene rings is 2. The van der Waals surface area contributed by atoms with Crippen LogP contribution in [-0.2, 0) is 9.53 Å². The first-order chi connectivity index (χ1) is 18.0. The van der Waals surface area contributed by atoms with E-state index in [4.69, 9.17) is 10.5 Å². The molecule has 1 unspecified atom stereocenters. The summed E-state index contributed by atoms with van der Waals surface area (Å²) >= 11 is 0. The summed E-state index contributed by atoms with van der Waals surface area (Å²) in [6, 6.07) is 14.0. The van der Waals surface area contributed by atoms with Crippen molar-refractivity contribution in [2.75, 3.05) is 24.1 Å². The normalized spacial score (nSPS) is 15.8. The number of amides is 1. The third kappa shape index (κ3) is 5.46. The highest BCUT2D eigenvalue weighted by atomic mass is 19.1. The Morgan fingerprint density at radius 3 is 2.65 bits per heavy atom. The summed E-state index contributed by atoms with van der Waals surface area (Å²) in [7, 11) is 0. The zero-order chi connectivity index (χ0) is 25.8. The van der Waals surface area contributed by atoms with Gasteiger partial charge in [-0.25, -0.2) is 19.2 Å². The Bertz CT molecular complexity index is 1400. The number of carbonyl (C=O) groups is 2. The molecular formula is C26H24FN7O3. The van der Waals surface area contributed by atoms with Crippen molar-refractivity contribution >= 4 is 23.4 Å². The minimum Gasteiger partial charge on any atom is -0.442 e. The first-order valence-electron chi connectivity index (χ1n) is 11.7. The standard InChI is InChI=1S/C26H24FN7O3/c27-18-6-8-19(9-7-18)32-25(35)23(16-4-2-1-3-5-16)37-26(36)22-24(28)30-14-21(33-22)17-12-31-34(15-17)20-10-11-29-13-20/h1-9,12,14-15,20,23,29H,10-11,13H2,(H2,28,30)(H,32,35)/t20-,23?/m0/s1. The molecule has 1 fully saturated rings. The molecule has 5 rings (SSSR count). The predicted molar refractivity (Wildman–Crippen MR) is 134 cm³/mol. The highest BCUT2D eigenvalue weighted by Crippen LogP contribution is 2.25. The Morgan fingerprint density at radius 1 is 1.14 bits per heavy atom. The molecule has 1 amide bonds. The number of nitrogens with two attached hydrogens (primary N) is 1. The second-order valence-corrected chi connectivity index (χ2v) is 8.54. The highest BCUT2D eigenvalue weighted by Gasteiger charge is 2.28. The lowest BCUT2D eigenvalue weighted by Crippen LogP contribution is -2.26. The van der Waals surface area contributed by atoms with E-state index in [1.54, 1.807) is 36.5 Å². The molecular weight excluding hydrogens is 477 g/mol. The number of aromatic nitrogens is 4. The molecule has 0 radical (unpaired) electrons. The SMILES string of the molecule is Nc1ncc(-c2cnn([C@H]3CCNC3)c2)nc1C(=O)OC(C(=O)Nc1ccc(F)cc1)c1ccccc1. The maximum atomic E-state index is 13.3. The van der Waals surface area contributed by atoms with Gasteiger partial charge < -0.3 is 21.1 Å². The first kappa shape index (κ1) is 24.1. The molecule has 11 heteroatoms. The average molecular weight is 502 g/mol. The van der Waals surface area contributed by atoms with Gasteiger partial charge in [-0.3, -0.25) is 9.48 Å². The number of nitrogen functional groups attached to an aromatic ring is 1. The summed E-state index contributed by atoms with van der Waals surface area (Å²) in [5, 5.41) is 10.3. The van der Waals surface area contributed by atoms with Crippen molar-refractivity contribution in [2.24, 2.45) is 0 Å². The highest BCUT2D eigenvalue weighted by molar-refractivity contribution is 5.99. The van der Waals surface area contributed by atoms with Gasteiger partial charge >= 0.3 is 5.97 Å².